The van der Waals surface area contributed by atoms with Crippen LogP contribution in [0.25, 0.3) is 11.1 Å². The van der Waals surface area contributed by atoms with Gasteiger partial charge in [-0.3, -0.25) is 4.98 Å². The summed E-state index contributed by atoms with van der Waals surface area (Å²) in [5.41, 5.74) is 2.21. The molecule has 0 saturated heterocycles. The van der Waals surface area contributed by atoms with E-state index < -0.39 is 11.6 Å². The van der Waals surface area contributed by atoms with E-state index in [9.17, 15) is 14.3 Å². The van der Waals surface area contributed by atoms with Crippen molar-refractivity contribution in [1.82, 2.24) is 4.98 Å². The van der Waals surface area contributed by atoms with Crippen LogP contribution in [0.4, 0.5) is 10.1 Å². The summed E-state index contributed by atoms with van der Waals surface area (Å²) in [6, 6.07) is 8.86. The average Bonchev–Trinajstić information content (AvgIpc) is 2.79. The molecule has 0 bridgehead atoms. The molecule has 0 unspecified atom stereocenters. The van der Waals surface area contributed by atoms with E-state index in [1.54, 1.807) is 18.2 Å². The number of H-pyrrole nitrogens is 1. The Bertz CT molecular complexity index is 823. The van der Waals surface area contributed by atoms with Crippen LogP contribution in [0.15, 0.2) is 45.6 Å². The Balaban J connectivity index is 1.82. The van der Waals surface area contributed by atoms with Gasteiger partial charge in [-0.25, -0.2) is 9.18 Å². The predicted molar refractivity (Wildman–Crippen MR) is 72.2 cm³/mol. The van der Waals surface area contributed by atoms with Crippen LogP contribution in [0.2, 0.25) is 0 Å². The van der Waals surface area contributed by atoms with Gasteiger partial charge in [-0.15, -0.1) is 0 Å². The molecule has 3 rings (SSSR count). The second-order valence-corrected chi connectivity index (χ2v) is 4.35. The van der Waals surface area contributed by atoms with Gasteiger partial charge >= 0.3 is 5.76 Å². The van der Waals surface area contributed by atoms with Crippen LogP contribution < -0.4 is 11.1 Å². The summed E-state index contributed by atoms with van der Waals surface area (Å²) in [5, 5.41) is 12.7. The lowest BCUT2D eigenvalue weighted by molar-refractivity contribution is 0.466. The fourth-order valence-electron chi connectivity index (χ4n) is 1.95. The molecule has 20 heavy (non-hydrogen) atoms. The molecule has 0 aliphatic rings. The van der Waals surface area contributed by atoms with Crippen molar-refractivity contribution in [3.8, 4) is 5.75 Å². The van der Waals surface area contributed by atoms with Gasteiger partial charge in [0, 0.05) is 17.8 Å². The van der Waals surface area contributed by atoms with Crippen molar-refractivity contribution in [3.63, 3.8) is 0 Å². The summed E-state index contributed by atoms with van der Waals surface area (Å²) in [6.45, 7) is 0.261. The van der Waals surface area contributed by atoms with Gasteiger partial charge < -0.3 is 14.8 Å². The van der Waals surface area contributed by atoms with Crippen molar-refractivity contribution in [1.29, 1.82) is 0 Å². The summed E-state index contributed by atoms with van der Waals surface area (Å²) in [7, 11) is 0. The summed E-state index contributed by atoms with van der Waals surface area (Å²) < 4.78 is 18.0. The zero-order valence-corrected chi connectivity index (χ0v) is 10.3. The molecule has 0 radical (unpaired) electrons. The van der Waals surface area contributed by atoms with E-state index in [1.165, 1.54) is 18.2 Å². The molecule has 1 aromatic heterocycles. The van der Waals surface area contributed by atoms with Crippen molar-refractivity contribution >= 4 is 16.8 Å². The molecule has 3 N–H and O–H groups in total. The van der Waals surface area contributed by atoms with E-state index in [0.29, 0.717) is 16.7 Å². The van der Waals surface area contributed by atoms with Gasteiger partial charge in [0.05, 0.1) is 5.52 Å². The van der Waals surface area contributed by atoms with Crippen molar-refractivity contribution in [3.05, 3.63) is 58.3 Å². The number of aromatic hydroxyl groups is 1. The van der Waals surface area contributed by atoms with Crippen molar-refractivity contribution < 1.29 is 13.9 Å². The number of halogens is 1. The molecule has 6 heteroatoms. The third-order valence-electron chi connectivity index (χ3n) is 2.94. The Kier molecular flexibility index (Phi) is 2.90. The number of hydrogen-bond donors (Lipinski definition) is 3. The lowest BCUT2D eigenvalue weighted by Gasteiger charge is -2.08. The van der Waals surface area contributed by atoms with Crippen LogP contribution in [-0.2, 0) is 6.54 Å². The number of phenols is 1. The number of hydrogen-bond acceptors (Lipinski definition) is 4. The Morgan fingerprint density at radius 3 is 2.95 bits per heavy atom. The van der Waals surface area contributed by atoms with Crippen LogP contribution >= 0.6 is 0 Å². The van der Waals surface area contributed by atoms with Crippen LogP contribution in [0.1, 0.15) is 5.56 Å². The third kappa shape index (κ3) is 2.35. The smallest absolute Gasteiger partial charge is 0.417 e. The third-order valence-corrected chi connectivity index (χ3v) is 2.94. The maximum absolute atomic E-state index is 13.1. The van der Waals surface area contributed by atoms with Gasteiger partial charge in [0.2, 0.25) is 0 Å². The van der Waals surface area contributed by atoms with Gasteiger partial charge in [0.15, 0.2) is 5.58 Å². The lowest BCUT2D eigenvalue weighted by atomic mass is 10.2. The van der Waals surface area contributed by atoms with Crippen LogP contribution in [0, 0.1) is 5.82 Å². The minimum absolute atomic E-state index is 0.0247. The number of phenolic OH excluding ortho intramolecular Hbond substituents is 1. The van der Waals surface area contributed by atoms with Crippen molar-refractivity contribution in [2.24, 2.45) is 0 Å². The zero-order valence-electron chi connectivity index (χ0n) is 10.3. The van der Waals surface area contributed by atoms with E-state index in [0.717, 1.165) is 5.69 Å². The first-order chi connectivity index (χ1) is 9.61. The van der Waals surface area contributed by atoms with E-state index in [2.05, 4.69) is 10.3 Å². The number of aromatic amines is 1. The highest BCUT2D eigenvalue weighted by molar-refractivity contribution is 5.76. The summed E-state index contributed by atoms with van der Waals surface area (Å²) in [5.74, 6) is -0.897. The summed E-state index contributed by atoms with van der Waals surface area (Å²) in [6.07, 6.45) is 0. The number of oxazole rings is 1. The molecule has 1 heterocycles. The summed E-state index contributed by atoms with van der Waals surface area (Å²) in [4.78, 5) is 13.6. The monoisotopic (exact) mass is 274 g/mol. The molecular weight excluding hydrogens is 263 g/mol. The average molecular weight is 274 g/mol. The molecule has 0 amide bonds. The molecule has 2 aromatic carbocycles. The lowest BCUT2D eigenvalue weighted by Crippen LogP contribution is -2.00. The van der Waals surface area contributed by atoms with Crippen LogP contribution in [0.3, 0.4) is 0 Å². The van der Waals surface area contributed by atoms with Crippen LogP contribution in [0.5, 0.6) is 5.75 Å². The maximum atomic E-state index is 13.1. The second-order valence-electron chi connectivity index (χ2n) is 4.35. The van der Waals surface area contributed by atoms with Gasteiger partial charge in [-0.05, 0) is 36.4 Å². The number of nitrogens with one attached hydrogen (secondary N) is 2. The first kappa shape index (κ1) is 12.3. The molecule has 5 nitrogen and oxygen atoms in total. The summed E-state index contributed by atoms with van der Waals surface area (Å²) >= 11 is 0. The Morgan fingerprint density at radius 1 is 1.25 bits per heavy atom. The molecule has 3 aromatic rings. The second kappa shape index (κ2) is 4.73. The van der Waals surface area contributed by atoms with E-state index in [4.69, 9.17) is 4.42 Å². The van der Waals surface area contributed by atoms with E-state index >= 15 is 0 Å². The Labute approximate surface area is 112 Å². The van der Waals surface area contributed by atoms with E-state index in [1.807, 2.05) is 0 Å². The quantitative estimate of drug-likeness (QED) is 0.686. The van der Waals surface area contributed by atoms with Crippen molar-refractivity contribution in [2.75, 3.05) is 5.32 Å². The number of benzene rings is 2. The molecule has 0 saturated carbocycles. The minimum Gasteiger partial charge on any atom is -0.508 e. The van der Waals surface area contributed by atoms with Crippen LogP contribution in [-0.4, -0.2) is 10.1 Å². The molecule has 0 aliphatic heterocycles. The number of aromatic nitrogens is 1. The number of rotatable bonds is 3. The predicted octanol–water partition coefficient (Wildman–Crippen LogP) is 2.58. The van der Waals surface area contributed by atoms with Gasteiger partial charge in [0.25, 0.3) is 0 Å². The van der Waals surface area contributed by atoms with Crippen molar-refractivity contribution in [2.45, 2.75) is 6.54 Å². The minimum atomic E-state index is -0.514. The Morgan fingerprint density at radius 2 is 2.10 bits per heavy atom. The molecule has 0 atom stereocenters. The highest BCUT2D eigenvalue weighted by atomic mass is 19.1. The van der Waals surface area contributed by atoms with E-state index in [-0.39, 0.29) is 12.3 Å². The standard InChI is InChI=1S/C14H11FN2O3/c15-9-1-3-12(18)8(5-9)7-16-10-2-4-13-11(6-10)17-14(19)20-13/h1-6,16,18H,7H2,(H,17,19). The fourth-order valence-corrected chi connectivity index (χ4v) is 1.95. The van der Waals surface area contributed by atoms with Gasteiger partial charge in [0.1, 0.15) is 11.6 Å². The zero-order chi connectivity index (χ0) is 14.1. The van der Waals surface area contributed by atoms with Gasteiger partial charge in [-0.2, -0.15) is 0 Å². The fraction of sp³-hybridized carbons (Fsp3) is 0.0714. The van der Waals surface area contributed by atoms with Gasteiger partial charge in [-0.1, -0.05) is 0 Å². The first-order valence-corrected chi connectivity index (χ1v) is 5.96. The number of anilines is 1. The Hall–Kier alpha value is -2.76. The maximum Gasteiger partial charge on any atom is 0.417 e. The topological polar surface area (TPSA) is 78.3 Å². The number of fused-ring (bicyclic) bond motifs is 1. The molecule has 0 aliphatic carbocycles. The molecule has 102 valence electrons. The molecule has 0 fully saturated rings. The molecular formula is C14H11FN2O3. The first-order valence-electron chi connectivity index (χ1n) is 5.96. The highest BCUT2D eigenvalue weighted by Gasteiger charge is 2.05. The highest BCUT2D eigenvalue weighted by Crippen LogP contribution is 2.21. The largest absolute Gasteiger partial charge is 0.508 e. The normalized spacial score (nSPS) is 10.8. The molecule has 0 spiro atoms. The SMILES string of the molecule is O=c1[nH]c2cc(NCc3cc(F)ccc3O)ccc2o1.